The molecule has 25 heavy (non-hydrogen) atoms. The van der Waals surface area contributed by atoms with Gasteiger partial charge in [0.05, 0.1) is 17.7 Å². The van der Waals surface area contributed by atoms with Gasteiger partial charge in [-0.15, -0.1) is 0 Å². The zero-order valence-corrected chi connectivity index (χ0v) is 13.5. The third kappa shape index (κ3) is 4.50. The van der Waals surface area contributed by atoms with E-state index < -0.39 is 16.8 Å². The van der Waals surface area contributed by atoms with Gasteiger partial charge in [0.25, 0.3) is 11.6 Å². The summed E-state index contributed by atoms with van der Waals surface area (Å²) in [4.78, 5) is 33.9. The average molecular weight is 345 g/mol. The van der Waals surface area contributed by atoms with Crippen molar-refractivity contribution in [2.75, 3.05) is 6.61 Å². The standard InChI is InChI=1S/C16H15N3O6/c1-3-24-16(21)13-7-10(2)25-14(13)9-17-18-15(20)11-5-4-6-12(8-11)19(22)23/h4-9H,3H2,1-2H3,(H,18,20). The van der Waals surface area contributed by atoms with Gasteiger partial charge in [-0.25, -0.2) is 10.2 Å². The molecule has 1 amide bonds. The summed E-state index contributed by atoms with van der Waals surface area (Å²) in [7, 11) is 0. The molecule has 0 aliphatic heterocycles. The third-order valence-electron chi connectivity index (χ3n) is 3.05. The molecule has 0 saturated carbocycles. The molecular weight excluding hydrogens is 330 g/mol. The molecule has 130 valence electrons. The number of nitro benzene ring substituents is 1. The van der Waals surface area contributed by atoms with Crippen molar-refractivity contribution in [3.63, 3.8) is 0 Å². The van der Waals surface area contributed by atoms with Crippen LogP contribution in [-0.4, -0.2) is 29.6 Å². The molecule has 2 aromatic rings. The fraction of sp³-hybridized carbons (Fsp3) is 0.188. The van der Waals surface area contributed by atoms with Crippen LogP contribution in [0.5, 0.6) is 0 Å². The largest absolute Gasteiger partial charge is 0.462 e. The Labute approximate surface area is 142 Å². The lowest BCUT2D eigenvalue weighted by Gasteiger charge is -2.00. The van der Waals surface area contributed by atoms with Gasteiger partial charge in [-0.3, -0.25) is 14.9 Å². The number of benzene rings is 1. The smallest absolute Gasteiger partial charge is 0.342 e. The van der Waals surface area contributed by atoms with Crippen molar-refractivity contribution in [3.8, 4) is 0 Å². The highest BCUT2D eigenvalue weighted by atomic mass is 16.6. The summed E-state index contributed by atoms with van der Waals surface area (Å²) in [5, 5.41) is 14.4. The van der Waals surface area contributed by atoms with Crippen molar-refractivity contribution in [2.24, 2.45) is 5.10 Å². The van der Waals surface area contributed by atoms with E-state index in [1.807, 2.05) is 0 Å². The zero-order chi connectivity index (χ0) is 18.4. The molecule has 0 fully saturated rings. The number of hydrogen-bond donors (Lipinski definition) is 1. The first-order valence-corrected chi connectivity index (χ1v) is 7.27. The van der Waals surface area contributed by atoms with Crippen molar-refractivity contribution in [1.29, 1.82) is 0 Å². The fourth-order valence-electron chi connectivity index (χ4n) is 1.97. The summed E-state index contributed by atoms with van der Waals surface area (Å²) in [5.74, 6) is -0.587. The number of furan rings is 1. The van der Waals surface area contributed by atoms with Crippen molar-refractivity contribution in [3.05, 3.63) is 63.1 Å². The van der Waals surface area contributed by atoms with Gasteiger partial charge in [0.15, 0.2) is 5.76 Å². The zero-order valence-electron chi connectivity index (χ0n) is 13.5. The Bertz CT molecular complexity index is 840. The van der Waals surface area contributed by atoms with Crippen LogP contribution in [0, 0.1) is 17.0 Å². The molecule has 9 nitrogen and oxygen atoms in total. The topological polar surface area (TPSA) is 124 Å². The summed E-state index contributed by atoms with van der Waals surface area (Å²) in [6.45, 7) is 3.54. The number of nitrogens with zero attached hydrogens (tertiary/aromatic N) is 2. The van der Waals surface area contributed by atoms with Gasteiger partial charge in [-0.1, -0.05) is 6.07 Å². The molecule has 2 rings (SSSR count). The first-order valence-electron chi connectivity index (χ1n) is 7.27. The van der Waals surface area contributed by atoms with Crippen LogP contribution in [-0.2, 0) is 4.74 Å². The second-order valence-electron chi connectivity index (χ2n) is 4.86. The lowest BCUT2D eigenvalue weighted by atomic mass is 10.2. The number of nitro groups is 1. The van der Waals surface area contributed by atoms with E-state index in [0.29, 0.717) is 5.76 Å². The molecule has 0 unspecified atom stereocenters. The van der Waals surface area contributed by atoms with Crippen molar-refractivity contribution in [2.45, 2.75) is 13.8 Å². The van der Waals surface area contributed by atoms with E-state index >= 15 is 0 Å². The normalized spacial score (nSPS) is 10.6. The van der Waals surface area contributed by atoms with Gasteiger partial charge in [0.1, 0.15) is 11.3 Å². The second-order valence-corrected chi connectivity index (χ2v) is 4.86. The fourth-order valence-corrected chi connectivity index (χ4v) is 1.97. The van der Waals surface area contributed by atoms with Crippen LogP contribution >= 0.6 is 0 Å². The Balaban J connectivity index is 2.11. The van der Waals surface area contributed by atoms with Crippen LogP contribution in [0.1, 0.15) is 39.2 Å². The molecule has 0 bridgehead atoms. The number of aryl methyl sites for hydroxylation is 1. The molecule has 0 aliphatic carbocycles. The molecule has 9 heteroatoms. The van der Waals surface area contributed by atoms with E-state index in [1.54, 1.807) is 13.8 Å². The molecule has 0 atom stereocenters. The molecule has 0 radical (unpaired) electrons. The summed E-state index contributed by atoms with van der Waals surface area (Å²) in [6, 6.07) is 6.72. The van der Waals surface area contributed by atoms with Crippen molar-refractivity contribution >= 4 is 23.8 Å². The van der Waals surface area contributed by atoms with Gasteiger partial charge >= 0.3 is 5.97 Å². The lowest BCUT2D eigenvalue weighted by molar-refractivity contribution is -0.384. The predicted molar refractivity (Wildman–Crippen MR) is 87.6 cm³/mol. The molecular formula is C16H15N3O6. The van der Waals surface area contributed by atoms with E-state index in [9.17, 15) is 19.7 Å². The van der Waals surface area contributed by atoms with Crippen LogP contribution < -0.4 is 5.43 Å². The summed E-state index contributed by atoms with van der Waals surface area (Å²) in [5.41, 5.74) is 2.28. The molecule has 1 N–H and O–H groups in total. The minimum absolute atomic E-state index is 0.0765. The van der Waals surface area contributed by atoms with E-state index in [4.69, 9.17) is 9.15 Å². The minimum Gasteiger partial charge on any atom is -0.462 e. The van der Waals surface area contributed by atoms with Gasteiger partial charge in [-0.2, -0.15) is 5.10 Å². The number of ether oxygens (including phenoxy) is 1. The Kier molecular flexibility index (Phi) is 5.62. The number of rotatable bonds is 6. The Morgan fingerprint density at radius 3 is 2.84 bits per heavy atom. The number of nitrogens with one attached hydrogen (secondary N) is 1. The first kappa shape index (κ1) is 17.9. The minimum atomic E-state index is -0.638. The number of non-ortho nitro benzene ring substituents is 1. The summed E-state index contributed by atoms with van der Waals surface area (Å²) >= 11 is 0. The maximum Gasteiger partial charge on any atom is 0.342 e. The molecule has 1 heterocycles. The van der Waals surface area contributed by atoms with Crippen LogP contribution in [0.2, 0.25) is 0 Å². The van der Waals surface area contributed by atoms with Crippen LogP contribution in [0.4, 0.5) is 5.69 Å². The summed E-state index contributed by atoms with van der Waals surface area (Å²) < 4.78 is 10.2. The maximum absolute atomic E-state index is 12.0. The molecule has 1 aromatic carbocycles. The monoisotopic (exact) mass is 345 g/mol. The SMILES string of the molecule is CCOC(=O)c1cc(C)oc1C=NNC(=O)c1cccc([N+](=O)[O-])c1. The number of carbonyl (C=O) groups is 2. The summed E-state index contributed by atoms with van der Waals surface area (Å²) in [6.07, 6.45) is 1.16. The number of hydrazone groups is 1. The third-order valence-corrected chi connectivity index (χ3v) is 3.05. The Morgan fingerprint density at radius 1 is 1.40 bits per heavy atom. The van der Waals surface area contributed by atoms with E-state index in [2.05, 4.69) is 10.5 Å². The maximum atomic E-state index is 12.0. The highest BCUT2D eigenvalue weighted by Crippen LogP contribution is 2.15. The van der Waals surface area contributed by atoms with Crippen LogP contribution in [0.3, 0.4) is 0 Å². The lowest BCUT2D eigenvalue weighted by Crippen LogP contribution is -2.17. The van der Waals surface area contributed by atoms with E-state index in [-0.39, 0.29) is 29.2 Å². The quantitative estimate of drug-likeness (QED) is 0.371. The second kappa shape index (κ2) is 7.86. The number of amides is 1. The molecule has 0 spiro atoms. The van der Waals surface area contributed by atoms with Crippen molar-refractivity contribution in [1.82, 2.24) is 5.43 Å². The van der Waals surface area contributed by atoms with E-state index in [0.717, 1.165) is 12.3 Å². The Morgan fingerprint density at radius 2 is 2.16 bits per heavy atom. The van der Waals surface area contributed by atoms with Gasteiger partial charge in [0.2, 0.25) is 0 Å². The van der Waals surface area contributed by atoms with Crippen LogP contribution in [0.25, 0.3) is 0 Å². The predicted octanol–water partition coefficient (Wildman–Crippen LogP) is 2.44. The highest BCUT2D eigenvalue weighted by molar-refractivity contribution is 5.99. The number of carbonyl (C=O) groups excluding carboxylic acids is 2. The molecule has 1 aromatic heterocycles. The molecule has 0 aliphatic rings. The number of esters is 1. The average Bonchev–Trinajstić information content (AvgIpc) is 2.96. The highest BCUT2D eigenvalue weighted by Gasteiger charge is 2.16. The Hall–Kier alpha value is -3.49. The van der Waals surface area contributed by atoms with Gasteiger partial charge < -0.3 is 9.15 Å². The van der Waals surface area contributed by atoms with Crippen molar-refractivity contribution < 1.29 is 23.7 Å². The van der Waals surface area contributed by atoms with Gasteiger partial charge in [-0.05, 0) is 26.0 Å². The first-order chi connectivity index (χ1) is 11.9. The number of hydrogen-bond acceptors (Lipinski definition) is 7. The van der Waals surface area contributed by atoms with E-state index in [1.165, 1.54) is 24.3 Å². The van der Waals surface area contributed by atoms with Crippen LogP contribution in [0.15, 0.2) is 39.9 Å². The van der Waals surface area contributed by atoms with Gasteiger partial charge in [0, 0.05) is 17.7 Å². The molecule has 0 saturated heterocycles.